The number of ether oxygens (including phenoxy) is 1. The Morgan fingerprint density at radius 3 is 2.03 bits per heavy atom. The van der Waals surface area contributed by atoms with Gasteiger partial charge in [-0.05, 0) is 96.4 Å². The van der Waals surface area contributed by atoms with Crippen molar-refractivity contribution >= 4 is 53.4 Å². The quantitative estimate of drug-likeness (QED) is 0.0915. The summed E-state index contributed by atoms with van der Waals surface area (Å²) in [5.74, 6) is 0.123. The number of fused-ring (bicyclic) bond motifs is 2. The Kier molecular flexibility index (Phi) is 13.0. The summed E-state index contributed by atoms with van der Waals surface area (Å²) in [6.07, 6.45) is 9.87. The van der Waals surface area contributed by atoms with Crippen LogP contribution in [0.3, 0.4) is 0 Å². The van der Waals surface area contributed by atoms with Crippen molar-refractivity contribution in [3.8, 4) is 5.75 Å². The molecule has 0 bridgehead atoms. The van der Waals surface area contributed by atoms with E-state index in [0.717, 1.165) is 40.3 Å². The maximum Gasteiger partial charge on any atom is 0.287 e. The number of sulfone groups is 2. The highest BCUT2D eigenvalue weighted by molar-refractivity contribution is 7.91. The fraction of sp³-hybridized carbons (Fsp3) is 0.133. The van der Waals surface area contributed by atoms with Crippen LogP contribution >= 0.6 is 0 Å². The number of pyridine rings is 3. The molecule has 0 saturated heterocycles. The number of furan rings is 1. The lowest BCUT2D eigenvalue weighted by atomic mass is 10.2. The van der Waals surface area contributed by atoms with Crippen LogP contribution < -0.4 is 15.4 Å². The van der Waals surface area contributed by atoms with E-state index in [1.165, 1.54) is 24.4 Å². The number of amides is 2. The largest absolute Gasteiger partial charge is 0.494 e. The van der Waals surface area contributed by atoms with E-state index in [9.17, 15) is 26.4 Å². The van der Waals surface area contributed by atoms with E-state index in [0.29, 0.717) is 23.6 Å². The summed E-state index contributed by atoms with van der Waals surface area (Å²) in [6.45, 7) is 3.13. The predicted molar refractivity (Wildman–Crippen MR) is 227 cm³/mol. The van der Waals surface area contributed by atoms with Crippen molar-refractivity contribution in [2.45, 2.75) is 52.6 Å². The number of hydrogen-bond donors (Lipinski definition) is 3. The van der Waals surface area contributed by atoms with Crippen LogP contribution in [0.2, 0.25) is 0 Å². The third-order valence-corrected chi connectivity index (χ3v) is 12.8. The minimum Gasteiger partial charge on any atom is -0.494 e. The van der Waals surface area contributed by atoms with Crippen LogP contribution in [0.25, 0.3) is 21.9 Å². The second-order valence-electron chi connectivity index (χ2n) is 13.7. The monoisotopic (exact) mass is 856 g/mol. The highest BCUT2D eigenvalue weighted by atomic mass is 32.2. The van der Waals surface area contributed by atoms with Crippen LogP contribution in [0.1, 0.15) is 51.9 Å². The molecule has 16 heteroatoms. The first-order valence-corrected chi connectivity index (χ1v) is 22.1. The molecule has 0 fully saturated rings. The van der Waals surface area contributed by atoms with Crippen LogP contribution in [0, 0.1) is 0 Å². The minimum atomic E-state index is -3.68. The molecule has 5 aromatic heterocycles. The van der Waals surface area contributed by atoms with Crippen LogP contribution in [-0.2, 0) is 32.8 Å². The molecule has 0 aliphatic rings. The predicted octanol–water partition coefficient (Wildman–Crippen LogP) is 7.49. The van der Waals surface area contributed by atoms with E-state index < -0.39 is 19.7 Å². The van der Waals surface area contributed by atoms with Crippen molar-refractivity contribution in [2.75, 3.05) is 6.61 Å². The molecule has 0 aliphatic carbocycles. The van der Waals surface area contributed by atoms with Gasteiger partial charge in [-0.15, -0.1) is 0 Å². The molecule has 2 amide bonds. The van der Waals surface area contributed by atoms with Gasteiger partial charge in [0.1, 0.15) is 11.4 Å². The van der Waals surface area contributed by atoms with Crippen molar-refractivity contribution in [2.24, 2.45) is 0 Å². The van der Waals surface area contributed by atoms with Gasteiger partial charge in [-0.1, -0.05) is 49.7 Å². The molecule has 310 valence electrons. The van der Waals surface area contributed by atoms with Crippen LogP contribution in [0.5, 0.6) is 5.75 Å². The van der Waals surface area contributed by atoms with Gasteiger partial charge in [-0.25, -0.2) is 21.8 Å². The molecule has 61 heavy (non-hydrogen) atoms. The van der Waals surface area contributed by atoms with Gasteiger partial charge in [0.15, 0.2) is 16.4 Å². The Labute approximate surface area is 351 Å². The number of H-pyrrole nitrogens is 1. The third-order valence-electron chi connectivity index (χ3n) is 9.38. The Bertz CT molecular complexity index is 2940. The normalized spacial score (nSPS) is 11.4. The summed E-state index contributed by atoms with van der Waals surface area (Å²) in [5, 5.41) is 7.24. The molecular weight excluding hydrogens is 817 g/mol. The summed E-state index contributed by atoms with van der Waals surface area (Å²) in [6, 6.07) is 31.0. The van der Waals surface area contributed by atoms with Crippen LogP contribution in [0.15, 0.2) is 170 Å². The smallest absolute Gasteiger partial charge is 0.287 e. The van der Waals surface area contributed by atoms with Gasteiger partial charge in [-0.3, -0.25) is 19.6 Å². The first-order valence-electron chi connectivity index (χ1n) is 19.2. The van der Waals surface area contributed by atoms with Gasteiger partial charge in [0.05, 0.1) is 27.5 Å². The Hall–Kier alpha value is -7.17. The number of nitrogens with zero attached hydrogens (tertiary/aromatic N) is 3. The van der Waals surface area contributed by atoms with E-state index in [2.05, 4.69) is 37.5 Å². The van der Waals surface area contributed by atoms with Gasteiger partial charge in [0.2, 0.25) is 19.7 Å². The molecule has 0 unspecified atom stereocenters. The van der Waals surface area contributed by atoms with E-state index in [1.54, 1.807) is 122 Å². The zero-order valence-corrected chi connectivity index (χ0v) is 34.4. The number of aromatic nitrogens is 4. The number of carbonyl (C=O) groups excluding carboxylic acids is 2. The van der Waals surface area contributed by atoms with Crippen LogP contribution in [-0.4, -0.2) is 55.2 Å². The number of aromatic amines is 1. The molecule has 0 atom stereocenters. The maximum absolute atomic E-state index is 13.0. The molecular formula is C45H40N6O8S2. The topological polar surface area (TPSA) is 203 Å². The lowest BCUT2D eigenvalue weighted by Gasteiger charge is -2.09. The second kappa shape index (κ2) is 18.8. The summed E-state index contributed by atoms with van der Waals surface area (Å²) in [4.78, 5) is 40.2. The number of carbonyl (C=O) groups is 2. The Morgan fingerprint density at radius 2 is 1.36 bits per heavy atom. The summed E-state index contributed by atoms with van der Waals surface area (Å²) < 4.78 is 62.2. The lowest BCUT2D eigenvalue weighted by Crippen LogP contribution is -2.23. The van der Waals surface area contributed by atoms with Gasteiger partial charge >= 0.3 is 0 Å². The second-order valence-corrected chi connectivity index (χ2v) is 17.5. The average Bonchev–Trinajstić information content (AvgIpc) is 3.94. The van der Waals surface area contributed by atoms with E-state index in [4.69, 9.17) is 9.15 Å². The standard InChI is InChI=1S/C25H25N3O4S.C20H15N3O4S/c1-2-3-13-32-20-5-4-6-22(15-20)33(30,31)21-9-7-18(8-10-21)16-27-25(29)24-14-19-17-26-12-11-23(19)28-24;24-20(17-11-15-8-10-21-13-18(15)27-17)23-12-14-4-6-16(7-5-14)28(25,26)19-3-1-2-9-22-19/h4-12,14-15,17,28H,2-3,13,16H2,1H3,(H,27,29);1-11,13H,12H2,(H,23,24). The Balaban J connectivity index is 0.000000186. The van der Waals surface area contributed by atoms with E-state index in [-0.39, 0.29) is 50.4 Å². The lowest BCUT2D eigenvalue weighted by molar-refractivity contribution is 0.0923. The maximum atomic E-state index is 13.0. The molecule has 14 nitrogen and oxygen atoms in total. The first-order chi connectivity index (χ1) is 29.5. The minimum absolute atomic E-state index is 0.00423. The van der Waals surface area contributed by atoms with Gasteiger partial charge in [0.25, 0.3) is 11.8 Å². The van der Waals surface area contributed by atoms with Gasteiger partial charge in [-0.2, -0.15) is 0 Å². The van der Waals surface area contributed by atoms with Crippen molar-refractivity contribution in [1.29, 1.82) is 0 Å². The fourth-order valence-corrected chi connectivity index (χ4v) is 8.53. The molecule has 3 N–H and O–H groups in total. The zero-order valence-electron chi connectivity index (χ0n) is 32.8. The SMILES string of the molecule is CCCCOc1cccc(S(=O)(=O)c2ccc(CNC(=O)c3cc4cnccc4[nH]3)cc2)c1.O=C(NCc1ccc(S(=O)(=O)c2ccccn2)cc1)c1cc2ccncc2o1. The highest BCUT2D eigenvalue weighted by Gasteiger charge is 2.20. The van der Waals surface area contributed by atoms with Crippen molar-refractivity contribution in [1.82, 2.24) is 30.6 Å². The van der Waals surface area contributed by atoms with Crippen molar-refractivity contribution in [3.63, 3.8) is 0 Å². The highest BCUT2D eigenvalue weighted by Crippen LogP contribution is 2.25. The third kappa shape index (κ3) is 10.2. The summed E-state index contributed by atoms with van der Waals surface area (Å²) in [5.41, 5.74) is 3.36. The molecule has 8 rings (SSSR count). The molecule has 0 saturated carbocycles. The summed E-state index contributed by atoms with van der Waals surface area (Å²) in [7, 11) is -7.34. The number of rotatable bonds is 14. The van der Waals surface area contributed by atoms with Crippen molar-refractivity contribution < 1.29 is 35.6 Å². The average molecular weight is 857 g/mol. The van der Waals surface area contributed by atoms with Gasteiger partial charge < -0.3 is 24.8 Å². The first kappa shape index (κ1) is 42.0. The zero-order chi connectivity index (χ0) is 42.8. The fourth-order valence-electron chi connectivity index (χ4n) is 6.04. The molecule has 0 radical (unpaired) electrons. The number of hydrogen-bond acceptors (Lipinski definition) is 11. The number of nitrogens with one attached hydrogen (secondary N) is 3. The number of unbranched alkanes of at least 4 members (excludes halogenated alkanes) is 1. The molecule has 3 aromatic carbocycles. The molecule has 5 heterocycles. The van der Waals surface area contributed by atoms with Crippen molar-refractivity contribution in [3.05, 3.63) is 169 Å². The van der Waals surface area contributed by atoms with E-state index in [1.807, 2.05) is 0 Å². The molecule has 0 aliphatic heterocycles. The van der Waals surface area contributed by atoms with Gasteiger partial charge in [0, 0.05) is 54.2 Å². The number of benzene rings is 3. The summed E-state index contributed by atoms with van der Waals surface area (Å²) >= 11 is 0. The molecule has 8 aromatic rings. The van der Waals surface area contributed by atoms with E-state index >= 15 is 0 Å². The molecule has 0 spiro atoms. The Morgan fingerprint density at radius 1 is 0.672 bits per heavy atom. The van der Waals surface area contributed by atoms with Crippen LogP contribution in [0.4, 0.5) is 0 Å².